The molecule has 0 bridgehead atoms. The molecule has 0 aliphatic carbocycles. The van der Waals surface area contributed by atoms with Crippen molar-refractivity contribution in [1.29, 1.82) is 0 Å². The van der Waals surface area contributed by atoms with Crippen LogP contribution in [-0.4, -0.2) is 54.9 Å². The van der Waals surface area contributed by atoms with E-state index in [4.69, 9.17) is 4.74 Å². The second-order valence-corrected chi connectivity index (χ2v) is 11.2. The number of nitrogens with one attached hydrogen (secondary N) is 4. The molecule has 3 aromatic rings. The van der Waals surface area contributed by atoms with Crippen molar-refractivity contribution in [2.45, 2.75) is 57.7 Å². The van der Waals surface area contributed by atoms with Gasteiger partial charge in [-0.15, -0.1) is 0 Å². The fraction of sp³-hybridized carbons (Fsp3) is 0.353. The monoisotopic (exact) mass is 584 g/mol. The van der Waals surface area contributed by atoms with Gasteiger partial charge in [0.05, 0.1) is 18.0 Å². The van der Waals surface area contributed by atoms with Crippen LogP contribution in [0.5, 0.6) is 5.75 Å². The van der Waals surface area contributed by atoms with Crippen molar-refractivity contribution < 1.29 is 23.9 Å². The molecule has 0 saturated heterocycles. The maximum absolute atomic E-state index is 13.6. The van der Waals surface area contributed by atoms with Gasteiger partial charge in [-0.2, -0.15) is 0 Å². The van der Waals surface area contributed by atoms with Gasteiger partial charge >= 0.3 is 0 Å². The smallest absolute Gasteiger partial charge is 0.255 e. The summed E-state index contributed by atoms with van der Waals surface area (Å²) < 4.78 is 6.09. The Balaban J connectivity index is 1.59. The van der Waals surface area contributed by atoms with Crippen molar-refractivity contribution in [1.82, 2.24) is 21.3 Å². The quantitative estimate of drug-likeness (QED) is 0.324. The van der Waals surface area contributed by atoms with Crippen molar-refractivity contribution in [3.8, 4) is 5.75 Å². The van der Waals surface area contributed by atoms with Crippen molar-refractivity contribution in [3.05, 3.63) is 102 Å². The Morgan fingerprint density at radius 1 is 0.860 bits per heavy atom. The molecule has 0 aromatic heterocycles. The van der Waals surface area contributed by atoms with Gasteiger partial charge in [0.25, 0.3) is 5.91 Å². The third kappa shape index (κ3) is 9.70. The molecule has 0 radical (unpaired) electrons. The Morgan fingerprint density at radius 2 is 1.51 bits per heavy atom. The van der Waals surface area contributed by atoms with Crippen LogP contribution in [0.25, 0.3) is 0 Å². The highest BCUT2D eigenvalue weighted by Gasteiger charge is 2.30. The lowest BCUT2D eigenvalue weighted by Gasteiger charge is -2.27. The van der Waals surface area contributed by atoms with Crippen LogP contribution in [-0.2, 0) is 27.2 Å². The largest absolute Gasteiger partial charge is 0.491 e. The number of carbonyl (C=O) groups excluding carboxylic acids is 4. The van der Waals surface area contributed by atoms with Crippen molar-refractivity contribution in [2.75, 3.05) is 13.2 Å². The molecule has 0 saturated carbocycles. The van der Waals surface area contributed by atoms with Gasteiger partial charge < -0.3 is 26.0 Å². The molecule has 43 heavy (non-hydrogen) atoms. The first-order valence-electron chi connectivity index (χ1n) is 14.8. The summed E-state index contributed by atoms with van der Waals surface area (Å²) in [7, 11) is 0. The summed E-state index contributed by atoms with van der Waals surface area (Å²) in [6, 6.07) is 23.4. The van der Waals surface area contributed by atoms with Crippen LogP contribution in [0.4, 0.5) is 0 Å². The molecule has 9 heteroatoms. The number of carbonyl (C=O) groups is 4. The first-order chi connectivity index (χ1) is 20.8. The van der Waals surface area contributed by atoms with Gasteiger partial charge in [0.15, 0.2) is 0 Å². The highest BCUT2D eigenvalue weighted by Crippen LogP contribution is 2.20. The zero-order valence-electron chi connectivity index (χ0n) is 24.7. The third-order valence-electron chi connectivity index (χ3n) is 7.18. The minimum atomic E-state index is -1.17. The summed E-state index contributed by atoms with van der Waals surface area (Å²) in [6.07, 6.45) is 1.14. The standard InChI is InChI=1S/C34H40N4O5/c1-23(2)19-26-22-43-30-16-10-9-15-27(30)32(40)38-29(33(41)35-18-17-24-11-5-3-6-12-24)21-31(39)37-28(34(42)36-26)20-25-13-7-4-8-14-25/h3-16,23,26,28-29H,17-22H2,1-2H3,(H,35,41)(H,36,42)(H,37,39)(H,38,40)/t26-,28-,29+/m1/s1. The highest BCUT2D eigenvalue weighted by atomic mass is 16.5. The summed E-state index contributed by atoms with van der Waals surface area (Å²) in [5.74, 6) is -1.31. The van der Waals surface area contributed by atoms with E-state index in [1.165, 1.54) is 0 Å². The van der Waals surface area contributed by atoms with E-state index in [1.54, 1.807) is 24.3 Å². The van der Waals surface area contributed by atoms with E-state index in [0.29, 0.717) is 25.1 Å². The van der Waals surface area contributed by atoms with Crippen molar-refractivity contribution in [2.24, 2.45) is 5.92 Å². The van der Waals surface area contributed by atoms with Gasteiger partial charge in [-0.05, 0) is 42.0 Å². The van der Waals surface area contributed by atoms with E-state index in [9.17, 15) is 19.2 Å². The predicted molar refractivity (Wildman–Crippen MR) is 164 cm³/mol. The molecule has 9 nitrogen and oxygen atoms in total. The average molecular weight is 585 g/mol. The SMILES string of the molecule is CC(C)C[C@@H]1COc2ccccc2C(=O)N[C@H](C(=O)NCCc2ccccc2)CC(=O)N[C@H](Cc2ccccc2)C(=O)N1. The first kappa shape index (κ1) is 31.3. The Bertz CT molecular complexity index is 1380. The molecular weight excluding hydrogens is 544 g/mol. The Hall–Kier alpha value is -4.66. The molecule has 1 heterocycles. The number of ether oxygens (including phenoxy) is 1. The van der Waals surface area contributed by atoms with E-state index >= 15 is 0 Å². The number of para-hydroxylation sites is 1. The average Bonchev–Trinajstić information content (AvgIpc) is 2.99. The van der Waals surface area contributed by atoms with Gasteiger partial charge in [0, 0.05) is 13.0 Å². The molecule has 1 aliphatic rings. The predicted octanol–water partition coefficient (Wildman–Crippen LogP) is 3.18. The lowest BCUT2D eigenvalue weighted by molar-refractivity contribution is -0.131. The highest BCUT2D eigenvalue weighted by molar-refractivity contribution is 6.01. The van der Waals surface area contributed by atoms with Crippen LogP contribution in [0.2, 0.25) is 0 Å². The number of amides is 4. The molecule has 0 unspecified atom stereocenters. The number of fused-ring (bicyclic) bond motifs is 1. The molecule has 4 N–H and O–H groups in total. The fourth-order valence-corrected chi connectivity index (χ4v) is 5.05. The zero-order chi connectivity index (χ0) is 30.6. The van der Waals surface area contributed by atoms with Crippen LogP contribution in [0, 0.1) is 5.92 Å². The molecule has 4 rings (SSSR count). The van der Waals surface area contributed by atoms with Gasteiger partial charge in [-0.25, -0.2) is 0 Å². The molecule has 3 aromatic carbocycles. The number of hydrogen-bond acceptors (Lipinski definition) is 5. The molecule has 1 aliphatic heterocycles. The van der Waals surface area contributed by atoms with Crippen LogP contribution >= 0.6 is 0 Å². The molecule has 0 spiro atoms. The zero-order valence-corrected chi connectivity index (χ0v) is 24.7. The normalized spacial score (nSPS) is 19.6. The van der Waals surface area contributed by atoms with E-state index in [1.807, 2.05) is 74.5 Å². The van der Waals surface area contributed by atoms with E-state index < -0.39 is 29.8 Å². The van der Waals surface area contributed by atoms with E-state index in [0.717, 1.165) is 11.1 Å². The summed E-state index contributed by atoms with van der Waals surface area (Å²) in [6.45, 7) is 4.55. The number of benzene rings is 3. The molecule has 3 atom stereocenters. The van der Waals surface area contributed by atoms with Crippen LogP contribution in [0.15, 0.2) is 84.9 Å². The molecule has 4 amide bonds. The Kier molecular flexibility index (Phi) is 11.3. The second kappa shape index (κ2) is 15.5. The number of hydrogen-bond donors (Lipinski definition) is 4. The Labute approximate surface area is 252 Å². The summed E-state index contributed by atoms with van der Waals surface area (Å²) in [4.78, 5) is 53.7. The van der Waals surface area contributed by atoms with E-state index in [2.05, 4.69) is 21.3 Å². The van der Waals surface area contributed by atoms with Gasteiger partial charge in [-0.3, -0.25) is 19.2 Å². The molecule has 226 valence electrons. The van der Waals surface area contributed by atoms with Crippen LogP contribution < -0.4 is 26.0 Å². The third-order valence-corrected chi connectivity index (χ3v) is 7.18. The molecular formula is C34H40N4O5. The topological polar surface area (TPSA) is 126 Å². The summed E-state index contributed by atoms with van der Waals surface area (Å²) in [5.41, 5.74) is 2.16. The minimum Gasteiger partial charge on any atom is -0.491 e. The maximum Gasteiger partial charge on any atom is 0.255 e. The van der Waals surface area contributed by atoms with Gasteiger partial charge in [-0.1, -0.05) is 86.6 Å². The summed E-state index contributed by atoms with van der Waals surface area (Å²) >= 11 is 0. The molecule has 0 fully saturated rings. The van der Waals surface area contributed by atoms with Crippen LogP contribution in [0.1, 0.15) is 48.2 Å². The number of rotatable bonds is 8. The van der Waals surface area contributed by atoms with E-state index in [-0.39, 0.29) is 42.9 Å². The lowest BCUT2D eigenvalue weighted by atomic mass is 10.0. The van der Waals surface area contributed by atoms with Crippen LogP contribution in [0.3, 0.4) is 0 Å². The second-order valence-electron chi connectivity index (χ2n) is 11.2. The van der Waals surface area contributed by atoms with Gasteiger partial charge in [0.1, 0.15) is 24.4 Å². The Morgan fingerprint density at radius 3 is 2.21 bits per heavy atom. The van der Waals surface area contributed by atoms with Gasteiger partial charge in [0.2, 0.25) is 17.7 Å². The van der Waals surface area contributed by atoms with Crippen molar-refractivity contribution >= 4 is 23.6 Å². The minimum absolute atomic E-state index is 0.129. The lowest BCUT2D eigenvalue weighted by Crippen LogP contribution is -2.54. The summed E-state index contributed by atoms with van der Waals surface area (Å²) in [5, 5.41) is 11.4. The first-order valence-corrected chi connectivity index (χ1v) is 14.8. The fourth-order valence-electron chi connectivity index (χ4n) is 5.05. The maximum atomic E-state index is 13.6. The van der Waals surface area contributed by atoms with Crippen molar-refractivity contribution in [3.63, 3.8) is 0 Å².